The van der Waals surface area contributed by atoms with E-state index in [0.717, 1.165) is 18.5 Å². The molecular formula is C13H11FN2OS2. The van der Waals surface area contributed by atoms with Gasteiger partial charge in [0.1, 0.15) is 5.82 Å². The number of thiazole rings is 1. The molecule has 1 aromatic carbocycles. The number of hydrogen-bond donors (Lipinski definition) is 2. The predicted octanol–water partition coefficient (Wildman–Crippen LogP) is 3.70. The number of aromatic nitrogens is 1. The van der Waals surface area contributed by atoms with Crippen LogP contribution in [0.1, 0.15) is 34.8 Å². The second-order valence-electron chi connectivity index (χ2n) is 4.47. The van der Waals surface area contributed by atoms with Crippen LogP contribution in [0.3, 0.4) is 0 Å². The van der Waals surface area contributed by atoms with Gasteiger partial charge in [-0.1, -0.05) is 0 Å². The second kappa shape index (κ2) is 4.94. The molecule has 6 heteroatoms. The molecule has 1 fully saturated rings. The Kier molecular flexibility index (Phi) is 3.28. The highest BCUT2D eigenvalue weighted by molar-refractivity contribution is 7.80. The fourth-order valence-electron chi connectivity index (χ4n) is 1.76. The maximum atomic E-state index is 13.6. The first-order valence-electron chi connectivity index (χ1n) is 5.89. The topological polar surface area (TPSA) is 42.0 Å². The molecule has 1 aliphatic carbocycles. The van der Waals surface area contributed by atoms with Crippen LogP contribution in [-0.4, -0.2) is 10.9 Å². The van der Waals surface area contributed by atoms with Crippen LogP contribution in [0.5, 0.6) is 0 Å². The summed E-state index contributed by atoms with van der Waals surface area (Å²) in [5.41, 5.74) is 0.999. The van der Waals surface area contributed by atoms with Crippen LogP contribution in [0.2, 0.25) is 0 Å². The lowest BCUT2D eigenvalue weighted by Crippen LogP contribution is -2.13. The van der Waals surface area contributed by atoms with E-state index >= 15 is 0 Å². The third kappa shape index (κ3) is 2.79. The van der Waals surface area contributed by atoms with Gasteiger partial charge in [-0.05, 0) is 31.0 Å². The zero-order chi connectivity index (χ0) is 13.4. The van der Waals surface area contributed by atoms with E-state index in [2.05, 4.69) is 22.9 Å². The zero-order valence-electron chi connectivity index (χ0n) is 9.89. The zero-order valence-corrected chi connectivity index (χ0v) is 11.6. The summed E-state index contributed by atoms with van der Waals surface area (Å²) < 4.78 is 13.6. The van der Waals surface area contributed by atoms with Gasteiger partial charge in [0.05, 0.1) is 11.3 Å². The third-order valence-corrected chi connectivity index (χ3v) is 3.99. The molecule has 98 valence electrons. The largest absolute Gasteiger partial charge is 0.298 e. The van der Waals surface area contributed by atoms with Gasteiger partial charge < -0.3 is 0 Å². The summed E-state index contributed by atoms with van der Waals surface area (Å²) in [6, 6.07) is 4.14. The fraction of sp³-hybridized carbons (Fsp3) is 0.231. The van der Waals surface area contributed by atoms with Crippen LogP contribution in [-0.2, 0) is 0 Å². The summed E-state index contributed by atoms with van der Waals surface area (Å²) in [5.74, 6) is -0.515. The minimum absolute atomic E-state index is 0.0179. The van der Waals surface area contributed by atoms with E-state index in [1.807, 2.05) is 5.38 Å². The number of carbonyl (C=O) groups is 1. The molecule has 1 aliphatic rings. The number of amides is 1. The molecule has 3 nitrogen and oxygen atoms in total. The highest BCUT2D eigenvalue weighted by Gasteiger charge is 2.26. The maximum Gasteiger partial charge on any atom is 0.260 e. The van der Waals surface area contributed by atoms with Crippen LogP contribution >= 0.6 is 24.0 Å². The lowest BCUT2D eigenvalue weighted by molar-refractivity contribution is 0.102. The summed E-state index contributed by atoms with van der Waals surface area (Å²) in [7, 11) is 0. The van der Waals surface area contributed by atoms with Crippen molar-refractivity contribution < 1.29 is 9.18 Å². The average molecular weight is 294 g/mol. The SMILES string of the molecule is O=C(Nc1nc(C2CC2)cs1)c1cc(S)ccc1F. The van der Waals surface area contributed by atoms with Gasteiger partial charge in [0.15, 0.2) is 5.13 Å². The normalized spacial score (nSPS) is 14.4. The van der Waals surface area contributed by atoms with Crippen molar-refractivity contribution in [3.63, 3.8) is 0 Å². The monoisotopic (exact) mass is 294 g/mol. The van der Waals surface area contributed by atoms with Gasteiger partial charge in [0, 0.05) is 16.2 Å². The summed E-state index contributed by atoms with van der Waals surface area (Å²) >= 11 is 5.47. The summed E-state index contributed by atoms with van der Waals surface area (Å²) in [6.07, 6.45) is 2.32. The van der Waals surface area contributed by atoms with Crippen molar-refractivity contribution in [3.8, 4) is 0 Å². The lowest BCUT2D eigenvalue weighted by Gasteiger charge is -2.03. The van der Waals surface area contributed by atoms with E-state index in [-0.39, 0.29) is 5.56 Å². The molecule has 3 rings (SSSR count). The van der Waals surface area contributed by atoms with Gasteiger partial charge in [-0.15, -0.1) is 24.0 Å². The molecule has 0 aliphatic heterocycles. The lowest BCUT2D eigenvalue weighted by atomic mass is 10.2. The predicted molar refractivity (Wildman–Crippen MR) is 75.7 cm³/mol. The van der Waals surface area contributed by atoms with Crippen LogP contribution in [0, 0.1) is 5.82 Å². The van der Waals surface area contributed by atoms with Crippen LogP contribution in [0.4, 0.5) is 9.52 Å². The van der Waals surface area contributed by atoms with E-state index < -0.39 is 11.7 Å². The summed E-state index contributed by atoms with van der Waals surface area (Å²) in [5, 5.41) is 5.08. The molecule has 2 aromatic rings. The molecule has 1 heterocycles. The number of anilines is 1. The quantitative estimate of drug-likeness (QED) is 0.848. The van der Waals surface area contributed by atoms with Gasteiger partial charge in [0.2, 0.25) is 0 Å². The molecule has 1 saturated carbocycles. The first-order valence-corrected chi connectivity index (χ1v) is 7.21. The number of carbonyl (C=O) groups excluding carboxylic acids is 1. The Hall–Kier alpha value is -1.40. The van der Waals surface area contributed by atoms with Crippen molar-refractivity contribution in [2.24, 2.45) is 0 Å². The van der Waals surface area contributed by atoms with E-state index in [9.17, 15) is 9.18 Å². The van der Waals surface area contributed by atoms with Crippen molar-refractivity contribution in [1.29, 1.82) is 0 Å². The van der Waals surface area contributed by atoms with Crippen molar-refractivity contribution in [2.45, 2.75) is 23.7 Å². The molecule has 19 heavy (non-hydrogen) atoms. The number of halogens is 1. The molecule has 1 amide bonds. The molecule has 1 aromatic heterocycles. The summed E-state index contributed by atoms with van der Waals surface area (Å²) in [6.45, 7) is 0. The average Bonchev–Trinajstić information content (AvgIpc) is 3.13. The standard InChI is InChI=1S/C13H11FN2OS2/c14-10-4-3-8(18)5-9(10)12(17)16-13-15-11(6-19-13)7-1-2-7/h3-7,18H,1-2H2,(H,15,16,17). The van der Waals surface area contributed by atoms with Crippen LogP contribution < -0.4 is 5.32 Å². The molecule has 0 unspecified atom stereocenters. The maximum absolute atomic E-state index is 13.6. The van der Waals surface area contributed by atoms with Gasteiger partial charge in [0.25, 0.3) is 5.91 Å². The Labute approximate surface area is 119 Å². The molecule has 0 spiro atoms. The molecule has 0 saturated heterocycles. The Bertz CT molecular complexity index is 637. The number of nitrogens with one attached hydrogen (secondary N) is 1. The van der Waals surface area contributed by atoms with E-state index in [1.165, 1.54) is 29.5 Å². The van der Waals surface area contributed by atoms with E-state index in [4.69, 9.17) is 0 Å². The summed E-state index contributed by atoms with van der Waals surface area (Å²) in [4.78, 5) is 16.8. The first kappa shape index (κ1) is 12.6. The third-order valence-electron chi connectivity index (χ3n) is 2.93. The molecule has 0 atom stereocenters. The number of nitrogens with zero attached hydrogens (tertiary/aromatic N) is 1. The molecule has 0 bridgehead atoms. The van der Waals surface area contributed by atoms with Crippen molar-refractivity contribution in [2.75, 3.05) is 5.32 Å². The van der Waals surface area contributed by atoms with Gasteiger partial charge in [-0.2, -0.15) is 0 Å². The van der Waals surface area contributed by atoms with Gasteiger partial charge in [-0.25, -0.2) is 9.37 Å². The number of benzene rings is 1. The second-order valence-corrected chi connectivity index (χ2v) is 5.84. The Morgan fingerprint density at radius 2 is 2.26 bits per heavy atom. The first-order chi connectivity index (χ1) is 9.13. The smallest absolute Gasteiger partial charge is 0.260 e. The molecular weight excluding hydrogens is 283 g/mol. The van der Waals surface area contributed by atoms with Crippen molar-refractivity contribution in [1.82, 2.24) is 4.98 Å². The fourth-order valence-corrected chi connectivity index (χ4v) is 2.75. The van der Waals surface area contributed by atoms with Gasteiger partial charge in [-0.3, -0.25) is 10.1 Å². The Balaban J connectivity index is 1.77. The number of rotatable bonds is 3. The van der Waals surface area contributed by atoms with E-state index in [0.29, 0.717) is 15.9 Å². The Morgan fingerprint density at radius 3 is 3.00 bits per heavy atom. The van der Waals surface area contributed by atoms with Crippen LogP contribution in [0.15, 0.2) is 28.5 Å². The van der Waals surface area contributed by atoms with Crippen molar-refractivity contribution >= 4 is 35.0 Å². The highest BCUT2D eigenvalue weighted by atomic mass is 32.1. The van der Waals surface area contributed by atoms with E-state index in [1.54, 1.807) is 0 Å². The van der Waals surface area contributed by atoms with Crippen molar-refractivity contribution in [3.05, 3.63) is 40.7 Å². The number of hydrogen-bond acceptors (Lipinski definition) is 4. The minimum Gasteiger partial charge on any atom is -0.298 e. The van der Waals surface area contributed by atoms with Gasteiger partial charge >= 0.3 is 0 Å². The molecule has 1 N–H and O–H groups in total. The molecule has 0 radical (unpaired) electrons. The number of thiol groups is 1. The Morgan fingerprint density at radius 1 is 1.47 bits per heavy atom. The van der Waals surface area contributed by atoms with Crippen LogP contribution in [0.25, 0.3) is 0 Å². The highest BCUT2D eigenvalue weighted by Crippen LogP contribution is 2.40. The minimum atomic E-state index is -0.561.